The van der Waals surface area contributed by atoms with Crippen molar-refractivity contribution in [2.45, 2.75) is 32.2 Å². The van der Waals surface area contributed by atoms with Gasteiger partial charge >= 0.3 is 0 Å². The fourth-order valence-electron chi connectivity index (χ4n) is 2.70. The second-order valence-corrected chi connectivity index (χ2v) is 7.48. The van der Waals surface area contributed by atoms with E-state index in [1.54, 1.807) is 0 Å². The molecule has 5 heteroatoms. The molecule has 0 aromatic carbocycles. The molecule has 2 rings (SSSR count). The van der Waals surface area contributed by atoms with Crippen LogP contribution in [0.2, 0.25) is 0 Å². The van der Waals surface area contributed by atoms with Crippen LogP contribution in [0.25, 0.3) is 0 Å². The Morgan fingerprint density at radius 3 is 2.53 bits per heavy atom. The third-order valence-corrected chi connectivity index (χ3v) is 4.58. The maximum Gasteiger partial charge on any atom is 0.0726 e. The van der Waals surface area contributed by atoms with Crippen LogP contribution in [0.3, 0.4) is 0 Å². The lowest BCUT2D eigenvalue weighted by Crippen LogP contribution is -2.40. The summed E-state index contributed by atoms with van der Waals surface area (Å²) < 4.78 is 1.93. The molecule has 2 heterocycles. The lowest BCUT2D eigenvalue weighted by atomic mass is 9.87. The Morgan fingerprint density at radius 2 is 2.00 bits per heavy atom. The minimum atomic E-state index is 0.0640. The Hall–Kier alpha value is -0.520. The van der Waals surface area contributed by atoms with Gasteiger partial charge in [0.05, 0.1) is 11.7 Å². The minimum absolute atomic E-state index is 0.0640. The van der Waals surface area contributed by atoms with Gasteiger partial charge in [0.2, 0.25) is 0 Å². The number of nitrogens with two attached hydrogens (primary N) is 1. The van der Waals surface area contributed by atoms with Gasteiger partial charge in [-0.05, 0) is 0 Å². The first-order chi connectivity index (χ1) is 8.93. The molecule has 19 heavy (non-hydrogen) atoms. The van der Waals surface area contributed by atoms with E-state index >= 15 is 0 Å². The standard InChI is InChI=1S/C14H26N4S/c1-14(2,3)13-11(10-17(4)16-13)12(9-15)18-5-7-19-8-6-18/h10,12H,5-9,15H2,1-4H3. The topological polar surface area (TPSA) is 47.1 Å². The van der Waals surface area contributed by atoms with Crippen LogP contribution in [0, 0.1) is 0 Å². The summed E-state index contributed by atoms with van der Waals surface area (Å²) >= 11 is 2.03. The first-order valence-electron chi connectivity index (χ1n) is 6.99. The van der Waals surface area contributed by atoms with Gasteiger partial charge in [0.15, 0.2) is 0 Å². The summed E-state index contributed by atoms with van der Waals surface area (Å²) in [7, 11) is 2.00. The lowest BCUT2D eigenvalue weighted by Gasteiger charge is -2.34. The molecule has 0 spiro atoms. The molecule has 1 aromatic heterocycles. The molecule has 1 fully saturated rings. The van der Waals surface area contributed by atoms with Crippen molar-refractivity contribution in [3.8, 4) is 0 Å². The highest BCUT2D eigenvalue weighted by Crippen LogP contribution is 2.31. The predicted octanol–water partition coefficient (Wildman–Crippen LogP) is 1.77. The van der Waals surface area contributed by atoms with Crippen molar-refractivity contribution >= 4 is 11.8 Å². The maximum absolute atomic E-state index is 6.07. The molecule has 1 saturated heterocycles. The summed E-state index contributed by atoms with van der Waals surface area (Å²) in [4.78, 5) is 2.52. The fraction of sp³-hybridized carbons (Fsp3) is 0.786. The van der Waals surface area contributed by atoms with Gasteiger partial charge in [0.25, 0.3) is 0 Å². The van der Waals surface area contributed by atoms with Gasteiger partial charge in [0, 0.05) is 55.4 Å². The van der Waals surface area contributed by atoms with Crippen molar-refractivity contribution in [2.24, 2.45) is 12.8 Å². The van der Waals surface area contributed by atoms with Crippen molar-refractivity contribution in [2.75, 3.05) is 31.1 Å². The van der Waals surface area contributed by atoms with Crippen LogP contribution in [-0.2, 0) is 12.5 Å². The van der Waals surface area contributed by atoms with Gasteiger partial charge < -0.3 is 5.73 Å². The molecule has 108 valence electrons. The van der Waals surface area contributed by atoms with E-state index in [0.29, 0.717) is 12.6 Å². The highest BCUT2D eigenvalue weighted by atomic mass is 32.2. The summed E-state index contributed by atoms with van der Waals surface area (Å²) in [6.07, 6.45) is 2.15. The van der Waals surface area contributed by atoms with E-state index in [9.17, 15) is 0 Å². The molecule has 0 bridgehead atoms. The molecule has 1 aromatic rings. The van der Waals surface area contributed by atoms with Crippen molar-refractivity contribution in [1.29, 1.82) is 0 Å². The number of nitrogens with zero attached hydrogens (tertiary/aromatic N) is 3. The summed E-state index contributed by atoms with van der Waals surface area (Å²) in [6, 6.07) is 0.309. The molecule has 1 atom stereocenters. The molecular formula is C14H26N4S. The van der Waals surface area contributed by atoms with Gasteiger partial charge in [-0.3, -0.25) is 9.58 Å². The van der Waals surface area contributed by atoms with Crippen molar-refractivity contribution in [3.05, 3.63) is 17.5 Å². The third kappa shape index (κ3) is 3.33. The summed E-state index contributed by atoms with van der Waals surface area (Å²) in [6.45, 7) is 9.59. The van der Waals surface area contributed by atoms with Gasteiger partial charge in [0.1, 0.15) is 0 Å². The fourth-order valence-corrected chi connectivity index (χ4v) is 3.63. The smallest absolute Gasteiger partial charge is 0.0726 e. The maximum atomic E-state index is 6.07. The van der Waals surface area contributed by atoms with Crippen molar-refractivity contribution < 1.29 is 0 Å². The molecule has 0 aliphatic carbocycles. The zero-order chi connectivity index (χ0) is 14.0. The van der Waals surface area contributed by atoms with Crippen LogP contribution >= 0.6 is 11.8 Å². The Balaban J connectivity index is 2.32. The number of hydrogen-bond acceptors (Lipinski definition) is 4. The lowest BCUT2D eigenvalue weighted by molar-refractivity contribution is 0.221. The Morgan fingerprint density at radius 1 is 1.37 bits per heavy atom. The van der Waals surface area contributed by atoms with E-state index in [2.05, 4.69) is 37.0 Å². The number of aryl methyl sites for hydroxylation is 1. The van der Waals surface area contributed by atoms with Crippen LogP contribution in [0.1, 0.15) is 38.1 Å². The van der Waals surface area contributed by atoms with Crippen LogP contribution in [0.15, 0.2) is 6.20 Å². The number of rotatable bonds is 3. The van der Waals surface area contributed by atoms with E-state index in [-0.39, 0.29) is 5.41 Å². The monoisotopic (exact) mass is 282 g/mol. The van der Waals surface area contributed by atoms with Crippen LogP contribution < -0.4 is 5.73 Å². The molecule has 0 amide bonds. The van der Waals surface area contributed by atoms with E-state index in [4.69, 9.17) is 5.73 Å². The summed E-state index contributed by atoms with van der Waals surface area (Å²) in [5, 5.41) is 4.67. The first-order valence-corrected chi connectivity index (χ1v) is 8.15. The van der Waals surface area contributed by atoms with E-state index < -0.39 is 0 Å². The number of aromatic nitrogens is 2. The van der Waals surface area contributed by atoms with Crippen LogP contribution in [-0.4, -0.2) is 45.8 Å². The second kappa shape index (κ2) is 5.85. The number of thioether (sulfide) groups is 1. The quantitative estimate of drug-likeness (QED) is 0.918. The average Bonchev–Trinajstić information content (AvgIpc) is 2.73. The normalized spacial score (nSPS) is 19.6. The summed E-state index contributed by atoms with van der Waals surface area (Å²) in [5.41, 5.74) is 8.63. The third-order valence-electron chi connectivity index (χ3n) is 3.64. The van der Waals surface area contributed by atoms with Gasteiger partial charge in [-0.25, -0.2) is 0 Å². The number of hydrogen-bond donors (Lipinski definition) is 1. The van der Waals surface area contributed by atoms with E-state index in [1.807, 2.05) is 23.5 Å². The van der Waals surface area contributed by atoms with Gasteiger partial charge in [-0.15, -0.1) is 0 Å². The van der Waals surface area contributed by atoms with E-state index in [1.165, 1.54) is 22.8 Å². The molecule has 1 unspecified atom stereocenters. The molecule has 0 radical (unpaired) electrons. The van der Waals surface area contributed by atoms with Crippen LogP contribution in [0.4, 0.5) is 0 Å². The Kier molecular flexibility index (Phi) is 4.58. The van der Waals surface area contributed by atoms with Crippen molar-refractivity contribution in [3.63, 3.8) is 0 Å². The highest BCUT2D eigenvalue weighted by molar-refractivity contribution is 7.99. The van der Waals surface area contributed by atoms with Gasteiger partial charge in [-0.2, -0.15) is 16.9 Å². The molecular weight excluding hydrogens is 256 g/mol. The average molecular weight is 282 g/mol. The second-order valence-electron chi connectivity index (χ2n) is 6.26. The molecule has 2 N–H and O–H groups in total. The molecule has 0 saturated carbocycles. The zero-order valence-corrected chi connectivity index (χ0v) is 13.3. The minimum Gasteiger partial charge on any atom is -0.329 e. The largest absolute Gasteiger partial charge is 0.329 e. The summed E-state index contributed by atoms with van der Waals surface area (Å²) in [5.74, 6) is 2.42. The molecule has 4 nitrogen and oxygen atoms in total. The first kappa shape index (κ1) is 14.9. The Labute approximate surface area is 120 Å². The molecule has 1 aliphatic heterocycles. The zero-order valence-electron chi connectivity index (χ0n) is 12.5. The predicted molar refractivity (Wildman–Crippen MR) is 82.6 cm³/mol. The van der Waals surface area contributed by atoms with E-state index in [0.717, 1.165) is 13.1 Å². The SMILES string of the molecule is Cn1cc(C(CN)N2CCSCC2)c(C(C)(C)C)n1. The molecule has 1 aliphatic rings. The van der Waals surface area contributed by atoms with Crippen molar-refractivity contribution in [1.82, 2.24) is 14.7 Å². The van der Waals surface area contributed by atoms with Crippen LogP contribution in [0.5, 0.6) is 0 Å². The van der Waals surface area contributed by atoms with Gasteiger partial charge in [-0.1, -0.05) is 20.8 Å². The highest BCUT2D eigenvalue weighted by Gasteiger charge is 2.29. The Bertz CT molecular complexity index is 416.